The molecule has 1 saturated heterocycles. The van der Waals surface area contributed by atoms with E-state index < -0.39 is 0 Å². The summed E-state index contributed by atoms with van der Waals surface area (Å²) in [6.45, 7) is 6.46. The van der Waals surface area contributed by atoms with Crippen LogP contribution < -0.4 is 10.6 Å². The summed E-state index contributed by atoms with van der Waals surface area (Å²) >= 11 is 0. The van der Waals surface area contributed by atoms with E-state index in [1.54, 1.807) is 6.07 Å². The van der Waals surface area contributed by atoms with Crippen molar-refractivity contribution < 1.29 is 14.1 Å². The van der Waals surface area contributed by atoms with Gasteiger partial charge in [-0.2, -0.15) is 0 Å². The van der Waals surface area contributed by atoms with Crippen molar-refractivity contribution in [3.05, 3.63) is 42.1 Å². The minimum absolute atomic E-state index is 0.0649. The summed E-state index contributed by atoms with van der Waals surface area (Å²) in [5.41, 5.74) is 0.925. The van der Waals surface area contributed by atoms with E-state index in [1.807, 2.05) is 58.2 Å². The van der Waals surface area contributed by atoms with Gasteiger partial charge in [-0.25, -0.2) is 0 Å². The zero-order valence-corrected chi connectivity index (χ0v) is 17.6. The lowest BCUT2D eigenvalue weighted by atomic mass is 10.1. The van der Waals surface area contributed by atoms with Crippen LogP contribution in [-0.2, 0) is 4.79 Å². The number of aromatic nitrogens is 1. The van der Waals surface area contributed by atoms with Crippen molar-refractivity contribution in [1.29, 1.82) is 0 Å². The summed E-state index contributed by atoms with van der Waals surface area (Å²) in [5.74, 6) is 0.381. The monoisotopic (exact) mass is 398 g/mol. The number of carbonyl (C=O) groups is 2. The summed E-state index contributed by atoms with van der Waals surface area (Å²) in [6, 6.07) is 11.6. The van der Waals surface area contributed by atoms with E-state index in [2.05, 4.69) is 20.7 Å². The third-order valence-corrected chi connectivity index (χ3v) is 5.22. The van der Waals surface area contributed by atoms with Crippen molar-refractivity contribution in [2.45, 2.75) is 57.7 Å². The van der Waals surface area contributed by atoms with Gasteiger partial charge in [0.15, 0.2) is 11.5 Å². The van der Waals surface area contributed by atoms with Gasteiger partial charge >= 0.3 is 0 Å². The molecule has 0 aliphatic carbocycles. The predicted molar refractivity (Wildman–Crippen MR) is 111 cm³/mol. The Bertz CT molecular complexity index is 841. The fourth-order valence-electron chi connectivity index (χ4n) is 3.69. The lowest BCUT2D eigenvalue weighted by Gasteiger charge is -2.27. The standard InChI is InChI=1S/C22H30N4O3/c1-22(2,3)24-20(27)12-16-10-11-17(26(16)4)14-23-21(28)18-13-19(29-25-18)15-8-6-5-7-9-15/h5-9,13,16-17H,10-12,14H2,1-4H3,(H,23,28)(H,24,27)/t16-,17+/m1/s1. The number of hydrogen-bond donors (Lipinski definition) is 2. The zero-order chi connectivity index (χ0) is 21.0. The lowest BCUT2D eigenvalue weighted by molar-refractivity contribution is -0.123. The van der Waals surface area contributed by atoms with Gasteiger partial charge in [-0.1, -0.05) is 35.5 Å². The molecular weight excluding hydrogens is 368 g/mol. The molecule has 2 aromatic rings. The molecule has 7 heteroatoms. The zero-order valence-electron chi connectivity index (χ0n) is 17.6. The second-order valence-electron chi connectivity index (χ2n) is 8.71. The molecule has 0 saturated carbocycles. The fraction of sp³-hybridized carbons (Fsp3) is 0.500. The van der Waals surface area contributed by atoms with Gasteiger partial charge in [-0.05, 0) is 40.7 Å². The summed E-state index contributed by atoms with van der Waals surface area (Å²) in [6.07, 6.45) is 2.36. The van der Waals surface area contributed by atoms with E-state index in [9.17, 15) is 9.59 Å². The number of likely N-dealkylation sites (N-methyl/N-ethyl adjacent to an activating group) is 1. The second kappa shape index (κ2) is 8.78. The molecule has 0 radical (unpaired) electrons. The molecule has 1 fully saturated rings. The molecule has 2 amide bonds. The minimum atomic E-state index is -0.252. The van der Waals surface area contributed by atoms with E-state index in [4.69, 9.17) is 4.52 Å². The van der Waals surface area contributed by atoms with E-state index in [0.29, 0.717) is 18.7 Å². The summed E-state index contributed by atoms with van der Waals surface area (Å²) < 4.78 is 5.30. The Morgan fingerprint density at radius 2 is 1.86 bits per heavy atom. The Morgan fingerprint density at radius 1 is 1.17 bits per heavy atom. The number of carbonyl (C=O) groups excluding carboxylic acids is 2. The fourth-order valence-corrected chi connectivity index (χ4v) is 3.69. The molecule has 156 valence electrons. The first-order valence-electron chi connectivity index (χ1n) is 10.1. The normalized spacial score (nSPS) is 19.9. The van der Waals surface area contributed by atoms with Crippen LogP contribution in [0, 0.1) is 0 Å². The van der Waals surface area contributed by atoms with Gasteiger partial charge in [-0.15, -0.1) is 0 Å². The van der Waals surface area contributed by atoms with Gasteiger partial charge in [0.1, 0.15) is 0 Å². The molecule has 2 N–H and O–H groups in total. The quantitative estimate of drug-likeness (QED) is 0.781. The molecule has 2 heterocycles. The van der Waals surface area contributed by atoms with Gasteiger partial charge in [0, 0.05) is 42.2 Å². The Morgan fingerprint density at radius 3 is 2.55 bits per heavy atom. The van der Waals surface area contributed by atoms with Crippen molar-refractivity contribution >= 4 is 11.8 Å². The maximum atomic E-state index is 12.5. The smallest absolute Gasteiger partial charge is 0.273 e. The van der Waals surface area contributed by atoms with Crippen LogP contribution in [0.1, 0.15) is 50.5 Å². The Balaban J connectivity index is 1.50. The molecular formula is C22H30N4O3. The van der Waals surface area contributed by atoms with Crippen molar-refractivity contribution in [1.82, 2.24) is 20.7 Å². The molecule has 1 aliphatic rings. The molecule has 1 aromatic heterocycles. The highest BCUT2D eigenvalue weighted by molar-refractivity contribution is 5.93. The van der Waals surface area contributed by atoms with E-state index in [0.717, 1.165) is 18.4 Å². The van der Waals surface area contributed by atoms with Gasteiger partial charge in [0.05, 0.1) is 0 Å². The van der Waals surface area contributed by atoms with E-state index in [-0.39, 0.29) is 35.1 Å². The van der Waals surface area contributed by atoms with Crippen LogP contribution in [0.15, 0.2) is 40.9 Å². The van der Waals surface area contributed by atoms with E-state index in [1.165, 1.54) is 0 Å². The molecule has 0 spiro atoms. The minimum Gasteiger partial charge on any atom is -0.355 e. The van der Waals surface area contributed by atoms with Crippen LogP contribution in [0.2, 0.25) is 0 Å². The van der Waals surface area contributed by atoms with Crippen LogP contribution in [0.3, 0.4) is 0 Å². The number of nitrogens with one attached hydrogen (secondary N) is 2. The lowest BCUT2D eigenvalue weighted by Crippen LogP contribution is -2.45. The molecule has 1 aliphatic heterocycles. The van der Waals surface area contributed by atoms with Crippen LogP contribution in [0.4, 0.5) is 0 Å². The first kappa shape index (κ1) is 21.0. The molecule has 3 rings (SSSR count). The van der Waals surface area contributed by atoms with Crippen LogP contribution in [-0.4, -0.2) is 53.1 Å². The third kappa shape index (κ3) is 5.67. The number of hydrogen-bond acceptors (Lipinski definition) is 5. The number of amides is 2. The van der Waals surface area contributed by atoms with Gasteiger partial charge < -0.3 is 15.2 Å². The van der Waals surface area contributed by atoms with E-state index >= 15 is 0 Å². The second-order valence-corrected chi connectivity index (χ2v) is 8.71. The van der Waals surface area contributed by atoms with Crippen molar-refractivity contribution in [2.24, 2.45) is 0 Å². The average molecular weight is 399 g/mol. The Labute approximate surface area is 171 Å². The molecule has 29 heavy (non-hydrogen) atoms. The Hall–Kier alpha value is -2.67. The summed E-state index contributed by atoms with van der Waals surface area (Å²) in [7, 11) is 2.02. The number of rotatable bonds is 6. The van der Waals surface area contributed by atoms with Crippen LogP contribution in [0.5, 0.6) is 0 Å². The van der Waals surface area contributed by atoms with Crippen molar-refractivity contribution in [3.63, 3.8) is 0 Å². The molecule has 1 aromatic carbocycles. The summed E-state index contributed by atoms with van der Waals surface area (Å²) in [5, 5.41) is 9.85. The molecule has 0 bridgehead atoms. The van der Waals surface area contributed by atoms with Crippen molar-refractivity contribution in [3.8, 4) is 11.3 Å². The molecule has 0 unspecified atom stereocenters. The average Bonchev–Trinajstić information content (AvgIpc) is 3.27. The maximum Gasteiger partial charge on any atom is 0.273 e. The predicted octanol–water partition coefficient (Wildman–Crippen LogP) is 2.84. The topological polar surface area (TPSA) is 87.5 Å². The highest BCUT2D eigenvalue weighted by Gasteiger charge is 2.32. The highest BCUT2D eigenvalue weighted by Crippen LogP contribution is 2.25. The summed E-state index contributed by atoms with van der Waals surface area (Å²) in [4.78, 5) is 26.9. The first-order chi connectivity index (χ1) is 13.7. The van der Waals surface area contributed by atoms with Gasteiger partial charge in [-0.3, -0.25) is 14.5 Å². The molecule has 7 nitrogen and oxygen atoms in total. The van der Waals surface area contributed by atoms with Crippen molar-refractivity contribution in [2.75, 3.05) is 13.6 Å². The highest BCUT2D eigenvalue weighted by atomic mass is 16.5. The molecule has 2 atom stereocenters. The first-order valence-corrected chi connectivity index (χ1v) is 10.1. The van der Waals surface area contributed by atoms with Gasteiger partial charge in [0.25, 0.3) is 5.91 Å². The van der Waals surface area contributed by atoms with Crippen LogP contribution >= 0.6 is 0 Å². The van der Waals surface area contributed by atoms with Gasteiger partial charge in [0.2, 0.25) is 5.91 Å². The number of benzene rings is 1. The maximum absolute atomic E-state index is 12.5. The largest absolute Gasteiger partial charge is 0.355 e. The SMILES string of the molecule is CN1[C@@H](CC(=O)NC(C)(C)C)CC[C@H]1CNC(=O)c1cc(-c2ccccc2)on1. The number of likely N-dealkylation sites (tertiary alicyclic amines) is 1. The van der Waals surface area contributed by atoms with Crippen LogP contribution in [0.25, 0.3) is 11.3 Å². The number of nitrogens with zero attached hydrogens (tertiary/aromatic N) is 2. The third-order valence-electron chi connectivity index (χ3n) is 5.22. The Kier molecular flexibility index (Phi) is 6.37.